The van der Waals surface area contributed by atoms with Gasteiger partial charge in [-0.3, -0.25) is 9.59 Å². The third kappa shape index (κ3) is 3.91. The van der Waals surface area contributed by atoms with E-state index < -0.39 is 0 Å². The third-order valence-corrected chi connectivity index (χ3v) is 5.13. The number of amides is 2. The molecule has 1 saturated heterocycles. The second-order valence-electron chi connectivity index (χ2n) is 6.90. The first kappa shape index (κ1) is 18.9. The summed E-state index contributed by atoms with van der Waals surface area (Å²) >= 11 is 0. The molecule has 8 heteroatoms. The molecule has 1 N–H and O–H groups in total. The summed E-state index contributed by atoms with van der Waals surface area (Å²) in [4.78, 5) is 28.5. The lowest BCUT2D eigenvalue weighted by Gasteiger charge is -2.36. The van der Waals surface area contributed by atoms with Gasteiger partial charge in [0.05, 0.1) is 19.9 Å². The number of piperazine rings is 1. The molecule has 0 atom stereocenters. The van der Waals surface area contributed by atoms with Crippen molar-refractivity contribution in [3.8, 4) is 17.2 Å². The summed E-state index contributed by atoms with van der Waals surface area (Å²) in [5, 5.41) is 2.74. The molecule has 0 radical (unpaired) electrons. The number of carbonyl (C=O) groups excluding carboxylic acids is 2. The topological polar surface area (TPSA) is 80.3 Å². The average molecular weight is 397 g/mol. The Morgan fingerprint density at radius 1 is 1.00 bits per heavy atom. The van der Waals surface area contributed by atoms with E-state index in [1.54, 1.807) is 32.4 Å². The first-order valence-corrected chi connectivity index (χ1v) is 9.41. The van der Waals surface area contributed by atoms with Crippen LogP contribution in [0.3, 0.4) is 0 Å². The van der Waals surface area contributed by atoms with Crippen molar-refractivity contribution < 1.29 is 23.8 Å². The maximum atomic E-state index is 12.9. The van der Waals surface area contributed by atoms with Gasteiger partial charge in [0.1, 0.15) is 17.2 Å². The minimum atomic E-state index is -0.218. The van der Waals surface area contributed by atoms with Crippen molar-refractivity contribution in [3.63, 3.8) is 0 Å². The van der Waals surface area contributed by atoms with Gasteiger partial charge in [0.15, 0.2) is 6.61 Å². The molecule has 0 bridgehead atoms. The highest BCUT2D eigenvalue weighted by Gasteiger charge is 2.25. The van der Waals surface area contributed by atoms with Crippen LogP contribution in [-0.2, 0) is 4.79 Å². The van der Waals surface area contributed by atoms with E-state index in [0.29, 0.717) is 43.2 Å². The number of nitrogens with zero attached hydrogens (tertiary/aromatic N) is 2. The SMILES string of the molecule is COc1cc(OC)cc(N2CCN(C(=O)c3ccc4c(c3)NC(=O)CO4)CC2)c1. The van der Waals surface area contributed by atoms with Gasteiger partial charge < -0.3 is 29.3 Å². The van der Waals surface area contributed by atoms with Crippen molar-refractivity contribution >= 4 is 23.2 Å². The van der Waals surface area contributed by atoms with Gasteiger partial charge in [0, 0.05) is 55.6 Å². The predicted octanol–water partition coefficient (Wildman–Crippen LogP) is 2.00. The summed E-state index contributed by atoms with van der Waals surface area (Å²) in [6, 6.07) is 10.9. The van der Waals surface area contributed by atoms with Crippen molar-refractivity contribution in [2.45, 2.75) is 0 Å². The average Bonchev–Trinajstić information content (AvgIpc) is 2.77. The van der Waals surface area contributed by atoms with Gasteiger partial charge in [-0.15, -0.1) is 0 Å². The predicted molar refractivity (Wildman–Crippen MR) is 108 cm³/mol. The van der Waals surface area contributed by atoms with Crippen molar-refractivity contribution in [2.75, 3.05) is 57.2 Å². The van der Waals surface area contributed by atoms with Crippen LogP contribution in [0, 0.1) is 0 Å². The molecule has 4 rings (SSSR count). The number of hydrogen-bond donors (Lipinski definition) is 1. The lowest BCUT2D eigenvalue weighted by molar-refractivity contribution is -0.118. The molecule has 0 saturated carbocycles. The number of carbonyl (C=O) groups is 2. The fourth-order valence-electron chi connectivity index (χ4n) is 3.54. The van der Waals surface area contributed by atoms with E-state index in [9.17, 15) is 9.59 Å². The molecule has 2 heterocycles. The Morgan fingerprint density at radius 2 is 1.69 bits per heavy atom. The van der Waals surface area contributed by atoms with Gasteiger partial charge in [-0.1, -0.05) is 0 Å². The summed E-state index contributed by atoms with van der Waals surface area (Å²) in [6.45, 7) is 2.59. The van der Waals surface area contributed by atoms with E-state index in [2.05, 4.69) is 10.2 Å². The van der Waals surface area contributed by atoms with Crippen molar-refractivity contribution in [2.24, 2.45) is 0 Å². The molecular formula is C21H23N3O5. The van der Waals surface area contributed by atoms with Gasteiger partial charge in [-0.25, -0.2) is 0 Å². The molecule has 0 aliphatic carbocycles. The van der Waals surface area contributed by atoms with Crippen LogP contribution in [0.15, 0.2) is 36.4 Å². The zero-order valence-corrected chi connectivity index (χ0v) is 16.4. The summed E-state index contributed by atoms with van der Waals surface area (Å²) in [5.74, 6) is 1.77. The zero-order valence-electron chi connectivity index (χ0n) is 16.4. The largest absolute Gasteiger partial charge is 0.497 e. The molecule has 2 amide bonds. The van der Waals surface area contributed by atoms with Crippen molar-refractivity contribution in [1.82, 2.24) is 4.90 Å². The number of ether oxygens (including phenoxy) is 3. The standard InChI is InChI=1S/C21H23N3O5/c1-27-16-10-15(11-17(12-16)28-2)23-5-7-24(8-6-23)21(26)14-3-4-19-18(9-14)22-20(25)13-29-19/h3-4,9-12H,5-8,13H2,1-2H3,(H,22,25). The van der Waals surface area contributed by atoms with Crippen LogP contribution in [0.4, 0.5) is 11.4 Å². The van der Waals surface area contributed by atoms with Crippen LogP contribution in [0.1, 0.15) is 10.4 Å². The monoisotopic (exact) mass is 397 g/mol. The molecular weight excluding hydrogens is 374 g/mol. The van der Waals surface area contributed by atoms with Gasteiger partial charge in [0.25, 0.3) is 11.8 Å². The Morgan fingerprint density at radius 3 is 2.34 bits per heavy atom. The molecule has 152 valence electrons. The number of nitrogens with one attached hydrogen (secondary N) is 1. The summed E-state index contributed by atoms with van der Waals surface area (Å²) < 4.78 is 16.0. The van der Waals surface area contributed by atoms with E-state index in [-0.39, 0.29) is 18.4 Å². The Labute approximate surface area is 168 Å². The normalized spacial score (nSPS) is 15.9. The van der Waals surface area contributed by atoms with E-state index in [1.807, 2.05) is 23.1 Å². The maximum absolute atomic E-state index is 12.9. The highest BCUT2D eigenvalue weighted by atomic mass is 16.5. The van der Waals surface area contributed by atoms with Crippen LogP contribution in [-0.4, -0.2) is 63.7 Å². The van der Waals surface area contributed by atoms with Gasteiger partial charge >= 0.3 is 0 Å². The Balaban J connectivity index is 1.44. The lowest BCUT2D eigenvalue weighted by atomic mass is 10.1. The summed E-state index contributed by atoms with van der Waals surface area (Å²) in [6.07, 6.45) is 0. The second-order valence-corrected chi connectivity index (χ2v) is 6.90. The minimum Gasteiger partial charge on any atom is -0.497 e. The molecule has 1 fully saturated rings. The van der Waals surface area contributed by atoms with Crippen LogP contribution < -0.4 is 24.4 Å². The van der Waals surface area contributed by atoms with E-state index in [0.717, 1.165) is 17.2 Å². The Hall–Kier alpha value is -3.42. The molecule has 8 nitrogen and oxygen atoms in total. The molecule has 0 unspecified atom stereocenters. The minimum absolute atomic E-state index is 0.00267. The lowest BCUT2D eigenvalue weighted by Crippen LogP contribution is -2.48. The number of fused-ring (bicyclic) bond motifs is 1. The van der Waals surface area contributed by atoms with Crippen LogP contribution in [0.2, 0.25) is 0 Å². The molecule has 29 heavy (non-hydrogen) atoms. The number of anilines is 2. The first-order valence-electron chi connectivity index (χ1n) is 9.41. The van der Waals surface area contributed by atoms with Gasteiger partial charge in [0.2, 0.25) is 0 Å². The second kappa shape index (κ2) is 7.90. The number of hydrogen-bond acceptors (Lipinski definition) is 6. The third-order valence-electron chi connectivity index (χ3n) is 5.13. The molecule has 2 aromatic rings. The molecule has 2 aliphatic rings. The van der Waals surface area contributed by atoms with E-state index in [1.165, 1.54) is 0 Å². The van der Waals surface area contributed by atoms with Crippen molar-refractivity contribution in [1.29, 1.82) is 0 Å². The Bertz CT molecular complexity index is 916. The van der Waals surface area contributed by atoms with Crippen molar-refractivity contribution in [3.05, 3.63) is 42.0 Å². The quantitative estimate of drug-likeness (QED) is 0.850. The number of rotatable bonds is 4. The fourth-order valence-corrected chi connectivity index (χ4v) is 3.54. The van der Waals surface area contributed by atoms with Gasteiger partial charge in [-0.05, 0) is 18.2 Å². The number of methoxy groups -OCH3 is 2. The smallest absolute Gasteiger partial charge is 0.262 e. The number of benzene rings is 2. The van der Waals surface area contributed by atoms with Gasteiger partial charge in [-0.2, -0.15) is 0 Å². The van der Waals surface area contributed by atoms with E-state index >= 15 is 0 Å². The zero-order chi connectivity index (χ0) is 20.4. The first-order chi connectivity index (χ1) is 14.1. The Kier molecular flexibility index (Phi) is 5.16. The maximum Gasteiger partial charge on any atom is 0.262 e. The highest BCUT2D eigenvalue weighted by molar-refractivity contribution is 6.00. The highest BCUT2D eigenvalue weighted by Crippen LogP contribution is 2.31. The molecule has 2 aliphatic heterocycles. The molecule has 0 spiro atoms. The summed E-state index contributed by atoms with van der Waals surface area (Å²) in [7, 11) is 3.25. The van der Waals surface area contributed by atoms with Crippen LogP contribution in [0.5, 0.6) is 17.2 Å². The van der Waals surface area contributed by atoms with Crippen LogP contribution >= 0.6 is 0 Å². The van der Waals surface area contributed by atoms with E-state index in [4.69, 9.17) is 14.2 Å². The summed E-state index contributed by atoms with van der Waals surface area (Å²) in [5.41, 5.74) is 2.07. The fraction of sp³-hybridized carbons (Fsp3) is 0.333. The molecule has 0 aromatic heterocycles. The van der Waals surface area contributed by atoms with Crippen LogP contribution in [0.25, 0.3) is 0 Å². The molecule has 2 aromatic carbocycles.